The van der Waals surface area contributed by atoms with Crippen LogP contribution in [0.4, 0.5) is 17.1 Å². The quantitative estimate of drug-likeness (QED) is 0.153. The van der Waals surface area contributed by atoms with Gasteiger partial charge < -0.3 is 4.90 Å². The number of nitrogens with zero attached hydrogens (tertiary/aromatic N) is 4. The van der Waals surface area contributed by atoms with Crippen LogP contribution in [0, 0.1) is 0 Å². The lowest BCUT2D eigenvalue weighted by atomic mass is 9.82. The Labute approximate surface area is 379 Å². The second kappa shape index (κ2) is 15.5. The van der Waals surface area contributed by atoms with Gasteiger partial charge in [0.1, 0.15) is 16.9 Å². The fraction of sp³-hybridized carbons (Fsp3) is 0.0492. The van der Waals surface area contributed by atoms with Gasteiger partial charge in [0, 0.05) is 44.7 Å². The Morgan fingerprint density at radius 2 is 0.892 bits per heavy atom. The number of benzene rings is 9. The Bertz CT molecular complexity index is 3520. The minimum absolute atomic E-state index is 0.110. The molecule has 0 fully saturated rings. The predicted molar refractivity (Wildman–Crippen MR) is 270 cm³/mol. The molecule has 0 aliphatic heterocycles. The van der Waals surface area contributed by atoms with Crippen LogP contribution in [-0.2, 0) is 5.41 Å². The van der Waals surface area contributed by atoms with Gasteiger partial charge in [-0.15, -0.1) is 0 Å². The van der Waals surface area contributed by atoms with Crippen molar-refractivity contribution in [2.24, 2.45) is 0 Å². The predicted octanol–water partition coefficient (Wildman–Crippen LogP) is 16.0. The van der Waals surface area contributed by atoms with Crippen molar-refractivity contribution in [1.29, 1.82) is 0 Å². The summed E-state index contributed by atoms with van der Waals surface area (Å²) < 4.78 is 2.28. The van der Waals surface area contributed by atoms with Crippen molar-refractivity contribution < 1.29 is 0 Å². The van der Waals surface area contributed by atoms with Crippen molar-refractivity contribution in [2.75, 3.05) is 4.90 Å². The SMILES string of the molecule is CC1(C)c2ccccc2-c2ccc(N(c3ccc(-c4ccccc4)cc3)c3ccc(-c4ccc(-c5nc6c7ccccc7nc(-c7ccccc7)c6n5-c5ccccc5)cc4)cc3)cc21. The molecule has 0 saturated heterocycles. The van der Waals surface area contributed by atoms with Crippen LogP contribution in [0.15, 0.2) is 231 Å². The molecule has 12 rings (SSSR count). The molecule has 0 bridgehead atoms. The smallest absolute Gasteiger partial charge is 0.145 e. The number of fused-ring (bicyclic) bond motifs is 6. The number of anilines is 3. The zero-order valence-corrected chi connectivity index (χ0v) is 36.2. The lowest BCUT2D eigenvalue weighted by Gasteiger charge is -2.28. The Morgan fingerprint density at radius 1 is 0.400 bits per heavy atom. The lowest BCUT2D eigenvalue weighted by Crippen LogP contribution is -2.16. The molecule has 1 aliphatic carbocycles. The van der Waals surface area contributed by atoms with E-state index in [1.807, 2.05) is 12.1 Å². The van der Waals surface area contributed by atoms with Gasteiger partial charge >= 0.3 is 0 Å². The molecule has 9 aromatic carbocycles. The minimum Gasteiger partial charge on any atom is -0.310 e. The van der Waals surface area contributed by atoms with Crippen molar-refractivity contribution in [3.8, 4) is 61.7 Å². The molecule has 0 spiro atoms. The van der Waals surface area contributed by atoms with Crippen LogP contribution in [0.25, 0.3) is 83.6 Å². The summed E-state index contributed by atoms with van der Waals surface area (Å²) in [6, 6.07) is 82.5. The first-order valence-corrected chi connectivity index (χ1v) is 22.3. The molecule has 1 aliphatic rings. The number of hydrogen-bond acceptors (Lipinski definition) is 3. The molecule has 2 aromatic heterocycles. The van der Waals surface area contributed by atoms with Crippen LogP contribution in [0.3, 0.4) is 0 Å². The largest absolute Gasteiger partial charge is 0.310 e. The van der Waals surface area contributed by atoms with Crippen molar-refractivity contribution in [3.05, 3.63) is 242 Å². The standard InChI is InChI=1S/C61H44N4/c1-61(2)54-24-14-12-22-51(54)52-39-38-50(40-55(52)61)64(48-34-30-43(31-35-48)41-16-6-3-7-17-41)49-36-32-44(33-37-49)42-26-28-46(29-27-42)60-63-58-53-23-13-15-25-56(53)62-57(45-18-8-4-9-19-45)59(58)65(60)47-20-10-5-11-21-47/h3-40H,1-2H3. The van der Waals surface area contributed by atoms with Gasteiger partial charge in [0.25, 0.3) is 0 Å². The van der Waals surface area contributed by atoms with Gasteiger partial charge in [0.05, 0.1) is 11.2 Å². The Morgan fingerprint density at radius 3 is 1.55 bits per heavy atom. The van der Waals surface area contributed by atoms with E-state index in [-0.39, 0.29) is 5.41 Å². The molecule has 11 aromatic rings. The molecule has 0 radical (unpaired) electrons. The van der Waals surface area contributed by atoms with E-state index in [9.17, 15) is 0 Å². The van der Waals surface area contributed by atoms with E-state index in [2.05, 4.69) is 242 Å². The molecule has 0 amide bonds. The first-order valence-electron chi connectivity index (χ1n) is 22.3. The molecular weight excluding hydrogens is 789 g/mol. The fourth-order valence-corrected chi connectivity index (χ4v) is 9.92. The van der Waals surface area contributed by atoms with Gasteiger partial charge in [-0.1, -0.05) is 190 Å². The molecular formula is C61H44N4. The fourth-order valence-electron chi connectivity index (χ4n) is 9.92. The summed E-state index contributed by atoms with van der Waals surface area (Å²) in [4.78, 5) is 13.1. The van der Waals surface area contributed by atoms with Gasteiger partial charge in [-0.2, -0.15) is 0 Å². The zero-order chi connectivity index (χ0) is 43.5. The first kappa shape index (κ1) is 38.3. The van der Waals surface area contributed by atoms with Gasteiger partial charge in [-0.05, 0) is 99.1 Å². The van der Waals surface area contributed by atoms with E-state index in [0.29, 0.717) is 0 Å². The number of pyridine rings is 1. The maximum atomic E-state index is 5.45. The highest BCUT2D eigenvalue weighted by atomic mass is 15.1. The van der Waals surface area contributed by atoms with Gasteiger partial charge in [-0.25, -0.2) is 9.97 Å². The number of rotatable bonds is 8. The highest BCUT2D eigenvalue weighted by molar-refractivity contribution is 6.09. The molecule has 4 heteroatoms. The average Bonchev–Trinajstić information content (AvgIpc) is 3.88. The van der Waals surface area contributed by atoms with E-state index < -0.39 is 0 Å². The van der Waals surface area contributed by atoms with Crippen molar-refractivity contribution in [3.63, 3.8) is 0 Å². The summed E-state index contributed by atoms with van der Waals surface area (Å²) in [6.45, 7) is 4.69. The van der Waals surface area contributed by atoms with E-state index >= 15 is 0 Å². The number of imidazole rings is 1. The maximum absolute atomic E-state index is 5.45. The minimum atomic E-state index is -0.110. The molecule has 0 atom stereocenters. The summed E-state index contributed by atoms with van der Waals surface area (Å²) in [6.07, 6.45) is 0. The van der Waals surface area contributed by atoms with Crippen LogP contribution < -0.4 is 4.90 Å². The Kier molecular flexibility index (Phi) is 9.13. The molecule has 0 unspecified atom stereocenters. The third-order valence-electron chi connectivity index (χ3n) is 13.2. The summed E-state index contributed by atoms with van der Waals surface area (Å²) in [5.41, 5.74) is 20.1. The van der Waals surface area contributed by atoms with Crippen molar-refractivity contribution >= 4 is 39.0 Å². The van der Waals surface area contributed by atoms with Gasteiger partial charge in [-0.3, -0.25) is 4.57 Å². The molecule has 4 nitrogen and oxygen atoms in total. The normalized spacial score (nSPS) is 12.6. The second-order valence-electron chi connectivity index (χ2n) is 17.4. The third-order valence-corrected chi connectivity index (χ3v) is 13.2. The highest BCUT2D eigenvalue weighted by Gasteiger charge is 2.35. The number of para-hydroxylation sites is 2. The van der Waals surface area contributed by atoms with Crippen LogP contribution in [0.5, 0.6) is 0 Å². The summed E-state index contributed by atoms with van der Waals surface area (Å²) in [7, 11) is 0. The summed E-state index contributed by atoms with van der Waals surface area (Å²) >= 11 is 0. The summed E-state index contributed by atoms with van der Waals surface area (Å²) in [5, 5.41) is 1.03. The summed E-state index contributed by atoms with van der Waals surface area (Å²) in [5.74, 6) is 0.873. The lowest BCUT2D eigenvalue weighted by molar-refractivity contribution is 0.660. The highest BCUT2D eigenvalue weighted by Crippen LogP contribution is 2.51. The average molecular weight is 833 g/mol. The van der Waals surface area contributed by atoms with Crippen LogP contribution >= 0.6 is 0 Å². The molecule has 0 saturated carbocycles. The van der Waals surface area contributed by atoms with Gasteiger partial charge in [0.2, 0.25) is 0 Å². The molecule has 2 heterocycles. The van der Waals surface area contributed by atoms with Crippen LogP contribution in [0.1, 0.15) is 25.0 Å². The van der Waals surface area contributed by atoms with Crippen molar-refractivity contribution in [2.45, 2.75) is 19.3 Å². The van der Waals surface area contributed by atoms with Crippen LogP contribution in [0.2, 0.25) is 0 Å². The Balaban J connectivity index is 0.935. The van der Waals surface area contributed by atoms with E-state index in [1.165, 1.54) is 33.4 Å². The monoisotopic (exact) mass is 832 g/mol. The Hall–Kier alpha value is -8.34. The maximum Gasteiger partial charge on any atom is 0.145 e. The molecule has 308 valence electrons. The zero-order valence-electron chi connectivity index (χ0n) is 36.2. The van der Waals surface area contributed by atoms with Crippen LogP contribution in [-0.4, -0.2) is 14.5 Å². The number of aromatic nitrogens is 3. The number of hydrogen-bond donors (Lipinski definition) is 0. The van der Waals surface area contributed by atoms with Gasteiger partial charge in [0.15, 0.2) is 0 Å². The van der Waals surface area contributed by atoms with Crippen molar-refractivity contribution in [1.82, 2.24) is 14.5 Å². The topological polar surface area (TPSA) is 34.0 Å². The van der Waals surface area contributed by atoms with E-state index in [1.54, 1.807) is 0 Å². The molecule has 65 heavy (non-hydrogen) atoms. The third kappa shape index (κ3) is 6.53. The van der Waals surface area contributed by atoms with E-state index in [4.69, 9.17) is 9.97 Å². The molecule has 0 N–H and O–H groups in total. The second-order valence-corrected chi connectivity index (χ2v) is 17.4. The first-order chi connectivity index (χ1) is 32.0. The van der Waals surface area contributed by atoms with E-state index in [0.717, 1.165) is 78.5 Å².